The predicted molar refractivity (Wildman–Crippen MR) is 103 cm³/mol. The first-order chi connectivity index (χ1) is 12.5. The molecule has 0 atom stereocenters. The van der Waals surface area contributed by atoms with Crippen molar-refractivity contribution in [1.29, 1.82) is 5.26 Å². The standard InChI is InChI=1S/C20H14ClFN2OS/c1-11-14-7-12(10-23)8-15(13-3-4-16(21)17(22)9-13)19(14)24-5-2-6-26-20(25)18(11)24/h3-4,7-9H,2,5-6H2,1H3. The topological polar surface area (TPSA) is 45.8 Å². The van der Waals surface area contributed by atoms with Crippen LogP contribution in [0.2, 0.25) is 5.02 Å². The van der Waals surface area contributed by atoms with Crippen molar-refractivity contribution in [1.82, 2.24) is 4.57 Å². The summed E-state index contributed by atoms with van der Waals surface area (Å²) in [6, 6.07) is 10.3. The van der Waals surface area contributed by atoms with Crippen molar-refractivity contribution in [3.8, 4) is 17.2 Å². The van der Waals surface area contributed by atoms with Crippen LogP contribution in [0.25, 0.3) is 22.0 Å². The van der Waals surface area contributed by atoms with Gasteiger partial charge in [-0.15, -0.1) is 0 Å². The van der Waals surface area contributed by atoms with E-state index in [1.165, 1.54) is 23.9 Å². The number of fused-ring (bicyclic) bond motifs is 3. The van der Waals surface area contributed by atoms with Gasteiger partial charge in [0.1, 0.15) is 5.82 Å². The average molecular weight is 385 g/mol. The van der Waals surface area contributed by atoms with Crippen molar-refractivity contribution in [3.63, 3.8) is 0 Å². The van der Waals surface area contributed by atoms with Gasteiger partial charge in [-0.1, -0.05) is 29.4 Å². The van der Waals surface area contributed by atoms with E-state index >= 15 is 0 Å². The molecule has 0 bridgehead atoms. The number of nitrogens with zero attached hydrogens (tertiary/aromatic N) is 2. The predicted octanol–water partition coefficient (Wildman–Crippen LogP) is 5.56. The second kappa shape index (κ2) is 6.46. The molecule has 1 aliphatic rings. The Morgan fingerprint density at radius 2 is 2.12 bits per heavy atom. The Balaban J connectivity index is 2.12. The molecule has 3 nitrogen and oxygen atoms in total. The molecule has 1 aromatic heterocycles. The van der Waals surface area contributed by atoms with Crippen LogP contribution < -0.4 is 0 Å². The lowest BCUT2D eigenvalue weighted by molar-refractivity contribution is 0.108. The van der Waals surface area contributed by atoms with Crippen LogP contribution in [0.1, 0.15) is 28.0 Å². The Bertz CT molecular complexity index is 1110. The SMILES string of the molecule is Cc1c2n(c3c(-c4ccc(Cl)c(F)c4)cc(C#N)cc13)CCCSC2=O. The minimum absolute atomic E-state index is 0.0444. The Morgan fingerprint density at radius 3 is 2.85 bits per heavy atom. The maximum Gasteiger partial charge on any atom is 0.236 e. The van der Waals surface area contributed by atoms with Crippen LogP contribution in [-0.2, 0) is 6.54 Å². The summed E-state index contributed by atoms with van der Waals surface area (Å²) >= 11 is 7.15. The molecule has 26 heavy (non-hydrogen) atoms. The molecule has 0 saturated carbocycles. The number of aromatic nitrogens is 1. The first-order valence-corrected chi connectivity index (χ1v) is 9.57. The van der Waals surface area contributed by atoms with Crippen molar-refractivity contribution in [2.75, 3.05) is 5.75 Å². The van der Waals surface area contributed by atoms with E-state index in [-0.39, 0.29) is 10.1 Å². The molecule has 0 aliphatic carbocycles. The molecule has 0 fully saturated rings. The summed E-state index contributed by atoms with van der Waals surface area (Å²) in [4.78, 5) is 12.6. The number of hydrogen-bond acceptors (Lipinski definition) is 3. The molecule has 0 N–H and O–H groups in total. The van der Waals surface area contributed by atoms with E-state index in [2.05, 4.69) is 6.07 Å². The zero-order valence-corrected chi connectivity index (χ0v) is 15.5. The number of carbonyl (C=O) groups excluding carboxylic acids is 1. The first kappa shape index (κ1) is 17.1. The minimum atomic E-state index is -0.509. The quantitative estimate of drug-likeness (QED) is 0.552. The summed E-state index contributed by atoms with van der Waals surface area (Å²) in [6.07, 6.45) is 0.876. The van der Waals surface area contributed by atoms with Crippen LogP contribution in [0, 0.1) is 24.1 Å². The van der Waals surface area contributed by atoms with Gasteiger partial charge in [-0.25, -0.2) is 4.39 Å². The fourth-order valence-corrected chi connectivity index (χ4v) is 4.52. The molecule has 0 radical (unpaired) electrons. The zero-order valence-electron chi connectivity index (χ0n) is 14.0. The highest BCUT2D eigenvalue weighted by Gasteiger charge is 2.25. The third kappa shape index (κ3) is 2.61. The summed E-state index contributed by atoms with van der Waals surface area (Å²) in [6.45, 7) is 2.62. The largest absolute Gasteiger partial charge is 0.337 e. The van der Waals surface area contributed by atoms with Crippen molar-refractivity contribution >= 4 is 39.4 Å². The minimum Gasteiger partial charge on any atom is -0.337 e. The van der Waals surface area contributed by atoms with Crippen LogP contribution >= 0.6 is 23.4 Å². The van der Waals surface area contributed by atoms with Crippen LogP contribution in [0.5, 0.6) is 0 Å². The van der Waals surface area contributed by atoms with Gasteiger partial charge in [0.25, 0.3) is 0 Å². The van der Waals surface area contributed by atoms with Crippen molar-refractivity contribution in [3.05, 3.63) is 58.0 Å². The number of rotatable bonds is 1. The number of aryl methyl sites for hydroxylation is 2. The number of benzene rings is 2. The summed E-state index contributed by atoms with van der Waals surface area (Å²) in [7, 11) is 0. The Hall–Kier alpha value is -2.29. The molecule has 3 aromatic rings. The lowest BCUT2D eigenvalue weighted by Crippen LogP contribution is -2.05. The zero-order chi connectivity index (χ0) is 18.4. The summed E-state index contributed by atoms with van der Waals surface area (Å²) in [5, 5.41) is 10.4. The third-order valence-electron chi connectivity index (χ3n) is 4.72. The molecular formula is C20H14ClFN2OS. The van der Waals surface area contributed by atoms with Gasteiger partial charge in [-0.05, 0) is 48.7 Å². The van der Waals surface area contributed by atoms with Gasteiger partial charge >= 0.3 is 0 Å². The molecule has 0 unspecified atom stereocenters. The highest BCUT2D eigenvalue weighted by molar-refractivity contribution is 8.14. The second-order valence-corrected chi connectivity index (χ2v) is 7.75. The van der Waals surface area contributed by atoms with Crippen LogP contribution in [0.15, 0.2) is 30.3 Å². The van der Waals surface area contributed by atoms with Crippen LogP contribution in [0.3, 0.4) is 0 Å². The van der Waals surface area contributed by atoms with E-state index in [1.807, 2.05) is 11.5 Å². The van der Waals surface area contributed by atoms with Crippen LogP contribution in [-0.4, -0.2) is 15.4 Å². The number of nitriles is 1. The molecule has 0 amide bonds. The molecule has 0 spiro atoms. The lowest BCUT2D eigenvalue weighted by Gasteiger charge is -2.11. The molecule has 6 heteroatoms. The first-order valence-electron chi connectivity index (χ1n) is 8.20. The molecular weight excluding hydrogens is 371 g/mol. The normalized spacial score (nSPS) is 14.2. The summed E-state index contributed by atoms with van der Waals surface area (Å²) in [5.74, 6) is 0.272. The van der Waals surface area contributed by atoms with Gasteiger partial charge < -0.3 is 4.57 Å². The smallest absolute Gasteiger partial charge is 0.236 e. The Kier molecular flexibility index (Phi) is 4.26. The van der Waals surface area contributed by atoms with E-state index in [0.717, 1.165) is 34.2 Å². The Morgan fingerprint density at radius 1 is 1.31 bits per heavy atom. The van der Waals surface area contributed by atoms with Gasteiger partial charge in [0, 0.05) is 23.2 Å². The fourth-order valence-electron chi connectivity index (χ4n) is 3.54. The van der Waals surface area contributed by atoms with Gasteiger partial charge in [0.15, 0.2) is 0 Å². The van der Waals surface area contributed by atoms with Crippen LogP contribution in [0.4, 0.5) is 4.39 Å². The molecule has 4 rings (SSSR count). The van der Waals surface area contributed by atoms with Gasteiger partial charge in [-0.3, -0.25) is 4.79 Å². The van der Waals surface area contributed by atoms with E-state index in [4.69, 9.17) is 11.6 Å². The number of carbonyl (C=O) groups is 1. The third-order valence-corrected chi connectivity index (χ3v) is 5.98. The maximum atomic E-state index is 14.1. The van der Waals surface area contributed by atoms with Gasteiger partial charge in [0.05, 0.1) is 27.9 Å². The monoisotopic (exact) mass is 384 g/mol. The molecule has 2 heterocycles. The van der Waals surface area contributed by atoms with Crippen molar-refractivity contribution < 1.29 is 9.18 Å². The molecule has 130 valence electrons. The van der Waals surface area contributed by atoms with E-state index in [9.17, 15) is 14.4 Å². The number of thioether (sulfide) groups is 1. The van der Waals surface area contributed by atoms with Crippen molar-refractivity contribution in [2.24, 2.45) is 0 Å². The van der Waals surface area contributed by atoms with Gasteiger partial charge in [0.2, 0.25) is 5.12 Å². The molecule has 1 aliphatic heterocycles. The summed E-state index contributed by atoms with van der Waals surface area (Å²) < 4.78 is 16.1. The molecule has 0 saturated heterocycles. The Labute approximate surface area is 159 Å². The second-order valence-electron chi connectivity index (χ2n) is 6.28. The highest BCUT2D eigenvalue weighted by atomic mass is 35.5. The summed E-state index contributed by atoms with van der Waals surface area (Å²) in [5.41, 5.74) is 4.27. The molecule has 2 aromatic carbocycles. The van der Waals surface area contributed by atoms with E-state index in [1.54, 1.807) is 18.2 Å². The van der Waals surface area contributed by atoms with Gasteiger partial charge in [-0.2, -0.15) is 5.26 Å². The highest BCUT2D eigenvalue weighted by Crippen LogP contribution is 2.38. The van der Waals surface area contributed by atoms with E-state index < -0.39 is 5.82 Å². The lowest BCUT2D eigenvalue weighted by atomic mass is 9.98. The van der Waals surface area contributed by atoms with E-state index in [0.29, 0.717) is 23.4 Å². The maximum absolute atomic E-state index is 14.1. The number of hydrogen-bond donors (Lipinski definition) is 0. The average Bonchev–Trinajstić information content (AvgIpc) is 2.78. The fraction of sp³-hybridized carbons (Fsp3) is 0.200. The van der Waals surface area contributed by atoms with Crippen molar-refractivity contribution in [2.45, 2.75) is 19.9 Å². The number of halogens is 2.